The summed E-state index contributed by atoms with van der Waals surface area (Å²) < 4.78 is 8.88. The van der Waals surface area contributed by atoms with Crippen molar-refractivity contribution in [3.8, 4) is 0 Å². The lowest BCUT2D eigenvalue weighted by Crippen LogP contribution is -2.05. The van der Waals surface area contributed by atoms with Gasteiger partial charge in [0.25, 0.3) is 0 Å². The Morgan fingerprint density at radius 1 is 1.06 bits per heavy atom. The molecule has 0 unspecified atom stereocenters. The SMILES string of the molecule is C=C(C)C(=O)OCC.C=C(O)C(=O)OCC. The Labute approximate surface area is 95.4 Å². The first-order chi connectivity index (χ1) is 7.36. The van der Waals surface area contributed by atoms with Crippen molar-refractivity contribution in [1.82, 2.24) is 0 Å². The van der Waals surface area contributed by atoms with Crippen LogP contribution in [0.15, 0.2) is 24.5 Å². The second-order valence-corrected chi connectivity index (χ2v) is 2.67. The molecule has 1 N–H and O–H groups in total. The smallest absolute Gasteiger partial charge is 0.372 e. The molecule has 0 heterocycles. The minimum atomic E-state index is -0.757. The molecule has 0 bridgehead atoms. The summed E-state index contributed by atoms with van der Waals surface area (Å²) in [7, 11) is 0. The molecular formula is C11H18O5. The second-order valence-electron chi connectivity index (χ2n) is 2.67. The normalized spacial score (nSPS) is 8.19. The van der Waals surface area contributed by atoms with Crippen molar-refractivity contribution in [1.29, 1.82) is 0 Å². The van der Waals surface area contributed by atoms with Gasteiger partial charge in [-0.25, -0.2) is 9.59 Å². The summed E-state index contributed by atoms with van der Waals surface area (Å²) in [5.41, 5.74) is 0.451. The molecule has 5 nitrogen and oxygen atoms in total. The Bertz CT molecular complexity index is 240. The van der Waals surface area contributed by atoms with Crippen LogP contribution in [0.3, 0.4) is 0 Å². The third-order valence-electron chi connectivity index (χ3n) is 1.13. The average molecular weight is 230 g/mol. The summed E-state index contributed by atoms with van der Waals surface area (Å²) in [6.45, 7) is 12.1. The van der Waals surface area contributed by atoms with Crippen molar-refractivity contribution < 1.29 is 24.2 Å². The van der Waals surface area contributed by atoms with Crippen LogP contribution >= 0.6 is 0 Å². The number of rotatable bonds is 4. The lowest BCUT2D eigenvalue weighted by Gasteiger charge is -1.96. The predicted octanol–water partition coefficient (Wildman–Crippen LogP) is 1.75. The van der Waals surface area contributed by atoms with E-state index in [1.54, 1.807) is 20.8 Å². The van der Waals surface area contributed by atoms with E-state index in [0.29, 0.717) is 12.2 Å². The third kappa shape index (κ3) is 10.3. The Morgan fingerprint density at radius 3 is 1.56 bits per heavy atom. The number of hydrogen-bond donors (Lipinski definition) is 1. The highest BCUT2D eigenvalue weighted by Crippen LogP contribution is 1.89. The van der Waals surface area contributed by atoms with Crippen molar-refractivity contribution in [2.24, 2.45) is 0 Å². The van der Waals surface area contributed by atoms with Crippen LogP contribution in [0.25, 0.3) is 0 Å². The molecule has 0 radical (unpaired) electrons. The van der Waals surface area contributed by atoms with Gasteiger partial charge in [-0.05, 0) is 27.4 Å². The first-order valence-corrected chi connectivity index (χ1v) is 4.74. The Morgan fingerprint density at radius 2 is 1.44 bits per heavy atom. The van der Waals surface area contributed by atoms with Crippen LogP contribution in [0, 0.1) is 0 Å². The van der Waals surface area contributed by atoms with Crippen LogP contribution in [0.5, 0.6) is 0 Å². The number of carbonyl (C=O) groups excluding carboxylic acids is 2. The number of carbonyl (C=O) groups is 2. The van der Waals surface area contributed by atoms with Gasteiger partial charge >= 0.3 is 11.9 Å². The largest absolute Gasteiger partial charge is 0.502 e. The minimum Gasteiger partial charge on any atom is -0.502 e. The van der Waals surface area contributed by atoms with Crippen LogP contribution in [-0.2, 0) is 19.1 Å². The zero-order chi connectivity index (χ0) is 13.1. The van der Waals surface area contributed by atoms with E-state index in [0.717, 1.165) is 0 Å². The van der Waals surface area contributed by atoms with Crippen LogP contribution < -0.4 is 0 Å². The Balaban J connectivity index is 0. The van der Waals surface area contributed by atoms with Gasteiger partial charge in [0.05, 0.1) is 13.2 Å². The van der Waals surface area contributed by atoms with E-state index >= 15 is 0 Å². The highest BCUT2D eigenvalue weighted by Gasteiger charge is 2.01. The maximum Gasteiger partial charge on any atom is 0.372 e. The summed E-state index contributed by atoms with van der Waals surface area (Å²) in [4.78, 5) is 20.6. The van der Waals surface area contributed by atoms with Crippen molar-refractivity contribution in [2.45, 2.75) is 20.8 Å². The molecule has 5 heteroatoms. The number of aliphatic hydroxyl groups excluding tert-OH is 1. The quantitative estimate of drug-likeness (QED) is 0.452. The Hall–Kier alpha value is -1.78. The van der Waals surface area contributed by atoms with Crippen LogP contribution in [0.1, 0.15) is 20.8 Å². The Kier molecular flexibility index (Phi) is 10.2. The van der Waals surface area contributed by atoms with Gasteiger partial charge in [-0.15, -0.1) is 0 Å². The van der Waals surface area contributed by atoms with Crippen LogP contribution in [0.2, 0.25) is 0 Å². The van der Waals surface area contributed by atoms with Gasteiger partial charge in [0.2, 0.25) is 0 Å². The number of ether oxygens (including phenoxy) is 2. The number of hydrogen-bond acceptors (Lipinski definition) is 5. The molecule has 0 rings (SSSR count). The molecule has 0 aromatic carbocycles. The molecule has 0 atom stereocenters. The molecule has 0 spiro atoms. The van der Waals surface area contributed by atoms with Gasteiger partial charge in [-0.1, -0.05) is 6.58 Å². The maximum atomic E-state index is 10.4. The zero-order valence-electron chi connectivity index (χ0n) is 9.91. The molecule has 0 saturated carbocycles. The average Bonchev–Trinajstić information content (AvgIpc) is 2.19. The van der Waals surface area contributed by atoms with Crippen LogP contribution in [0.4, 0.5) is 0 Å². The highest BCUT2D eigenvalue weighted by atomic mass is 16.5. The maximum absolute atomic E-state index is 10.4. The van der Waals surface area contributed by atoms with Gasteiger partial charge in [-0.2, -0.15) is 0 Å². The molecule has 0 aliphatic carbocycles. The summed E-state index contributed by atoms with van der Waals surface area (Å²) >= 11 is 0. The monoisotopic (exact) mass is 230 g/mol. The topological polar surface area (TPSA) is 72.8 Å². The minimum absolute atomic E-state index is 0.262. The van der Waals surface area contributed by atoms with Crippen molar-refractivity contribution >= 4 is 11.9 Å². The van der Waals surface area contributed by atoms with Crippen LogP contribution in [-0.4, -0.2) is 30.3 Å². The van der Waals surface area contributed by atoms with E-state index in [9.17, 15) is 9.59 Å². The van der Waals surface area contributed by atoms with E-state index in [1.807, 2.05) is 0 Å². The molecule has 0 aromatic rings. The molecule has 92 valence electrons. The van der Waals surface area contributed by atoms with Gasteiger partial charge in [0.1, 0.15) is 0 Å². The molecule has 0 amide bonds. The summed E-state index contributed by atoms with van der Waals surface area (Å²) in [6, 6.07) is 0. The fourth-order valence-corrected chi connectivity index (χ4v) is 0.469. The highest BCUT2D eigenvalue weighted by molar-refractivity contribution is 5.86. The van der Waals surface area contributed by atoms with E-state index in [4.69, 9.17) is 5.11 Å². The first kappa shape index (κ1) is 16.6. The second kappa shape index (κ2) is 9.76. The predicted molar refractivity (Wildman–Crippen MR) is 59.8 cm³/mol. The van der Waals surface area contributed by atoms with Crippen molar-refractivity contribution in [3.05, 3.63) is 24.5 Å². The third-order valence-corrected chi connectivity index (χ3v) is 1.13. The summed E-state index contributed by atoms with van der Waals surface area (Å²) in [6.07, 6.45) is 0. The molecule has 0 aromatic heterocycles. The fourth-order valence-electron chi connectivity index (χ4n) is 0.469. The van der Waals surface area contributed by atoms with E-state index in [2.05, 4.69) is 22.6 Å². The molecule has 0 saturated heterocycles. The standard InChI is InChI=1S/C6H10O2.C5H8O3/c1-4-8-6(7)5(2)3;1-3-8-5(7)4(2)6/h2,4H2,1,3H3;6H,2-3H2,1H3. The van der Waals surface area contributed by atoms with E-state index < -0.39 is 11.7 Å². The van der Waals surface area contributed by atoms with Crippen molar-refractivity contribution in [2.75, 3.05) is 13.2 Å². The van der Waals surface area contributed by atoms with Gasteiger partial charge < -0.3 is 14.6 Å². The molecule has 0 fully saturated rings. The van der Waals surface area contributed by atoms with E-state index in [-0.39, 0.29) is 12.6 Å². The zero-order valence-corrected chi connectivity index (χ0v) is 9.91. The summed E-state index contributed by atoms with van der Waals surface area (Å²) in [5, 5.41) is 8.28. The fraction of sp³-hybridized carbons (Fsp3) is 0.455. The first-order valence-electron chi connectivity index (χ1n) is 4.74. The molecule has 16 heavy (non-hydrogen) atoms. The summed E-state index contributed by atoms with van der Waals surface area (Å²) in [5.74, 6) is -1.62. The van der Waals surface area contributed by atoms with Gasteiger partial charge in [0.15, 0.2) is 5.76 Å². The molecule has 0 aliphatic heterocycles. The van der Waals surface area contributed by atoms with E-state index in [1.165, 1.54) is 0 Å². The van der Waals surface area contributed by atoms with Crippen molar-refractivity contribution in [3.63, 3.8) is 0 Å². The number of aliphatic hydroxyl groups is 1. The lowest BCUT2D eigenvalue weighted by molar-refractivity contribution is -0.141. The lowest BCUT2D eigenvalue weighted by atomic mass is 10.4. The molecular weight excluding hydrogens is 212 g/mol. The molecule has 0 aliphatic rings. The van der Waals surface area contributed by atoms with Gasteiger partial charge in [-0.3, -0.25) is 0 Å². The number of esters is 2. The van der Waals surface area contributed by atoms with Gasteiger partial charge in [0, 0.05) is 5.57 Å².